The summed E-state index contributed by atoms with van der Waals surface area (Å²) >= 11 is 0. The van der Waals surface area contributed by atoms with E-state index in [4.69, 9.17) is 9.47 Å². The van der Waals surface area contributed by atoms with Crippen LogP contribution in [0.15, 0.2) is 30.5 Å². The number of aromatic nitrogens is 1. The van der Waals surface area contributed by atoms with Crippen LogP contribution in [0, 0.1) is 17.5 Å². The molecule has 2 heterocycles. The maximum absolute atomic E-state index is 14.2. The number of pyridine rings is 1. The molecule has 1 aromatic carbocycles. The first-order chi connectivity index (χ1) is 10.6. The Hall–Kier alpha value is -2.08. The van der Waals surface area contributed by atoms with Crippen molar-refractivity contribution in [2.45, 2.75) is 18.9 Å². The van der Waals surface area contributed by atoms with E-state index in [-0.39, 0.29) is 17.5 Å². The number of ether oxygens (including phenoxy) is 2. The Balaban J connectivity index is 1.90. The van der Waals surface area contributed by atoms with Gasteiger partial charge in [-0.25, -0.2) is 13.2 Å². The molecule has 3 nitrogen and oxygen atoms in total. The highest BCUT2D eigenvalue weighted by Crippen LogP contribution is 2.30. The molecule has 1 atom stereocenters. The normalized spacial score (nSPS) is 18.2. The van der Waals surface area contributed by atoms with Crippen molar-refractivity contribution >= 4 is 0 Å². The lowest BCUT2D eigenvalue weighted by molar-refractivity contribution is 0.00720. The maximum Gasteiger partial charge on any atom is 0.149 e. The van der Waals surface area contributed by atoms with Crippen LogP contribution in [-0.4, -0.2) is 24.3 Å². The zero-order chi connectivity index (χ0) is 15.5. The third-order valence-corrected chi connectivity index (χ3v) is 3.43. The largest absolute Gasteiger partial charge is 0.488 e. The summed E-state index contributed by atoms with van der Waals surface area (Å²) in [5.41, 5.74) is -0.851. The third kappa shape index (κ3) is 3.06. The molecule has 1 aliphatic rings. The van der Waals surface area contributed by atoms with Gasteiger partial charge in [-0.1, -0.05) is 0 Å². The fraction of sp³-hybridized carbons (Fsp3) is 0.312. The van der Waals surface area contributed by atoms with Crippen molar-refractivity contribution in [3.63, 3.8) is 0 Å². The first kappa shape index (κ1) is 14.8. The van der Waals surface area contributed by atoms with Gasteiger partial charge in [0.05, 0.1) is 12.2 Å². The molecule has 6 heteroatoms. The Labute approximate surface area is 125 Å². The van der Waals surface area contributed by atoms with Gasteiger partial charge in [0, 0.05) is 24.9 Å². The minimum absolute atomic E-state index is 0.0607. The molecule has 1 saturated heterocycles. The molecule has 0 spiro atoms. The van der Waals surface area contributed by atoms with Crippen molar-refractivity contribution in [1.29, 1.82) is 0 Å². The highest BCUT2D eigenvalue weighted by atomic mass is 19.1. The lowest BCUT2D eigenvalue weighted by Crippen LogP contribution is -2.28. The molecule has 116 valence electrons. The smallest absolute Gasteiger partial charge is 0.149 e. The monoisotopic (exact) mass is 309 g/mol. The number of hydrogen-bond acceptors (Lipinski definition) is 3. The summed E-state index contributed by atoms with van der Waals surface area (Å²) in [5.74, 6) is -2.55. The molecule has 0 N–H and O–H groups in total. The standard InChI is InChI=1S/C16H14F3NO2/c17-12-4-1-5-20-16(12)15-13(18)7-11(8-14(15)19)22-10-3-2-6-21-9-10/h1,4-5,7-8,10H,2-3,6,9H2. The Morgan fingerprint density at radius 1 is 1.14 bits per heavy atom. The van der Waals surface area contributed by atoms with Crippen LogP contribution in [-0.2, 0) is 4.74 Å². The fourth-order valence-electron chi connectivity index (χ4n) is 2.41. The van der Waals surface area contributed by atoms with Crippen molar-refractivity contribution in [2.75, 3.05) is 13.2 Å². The first-order valence-corrected chi connectivity index (χ1v) is 6.99. The van der Waals surface area contributed by atoms with Gasteiger partial charge in [-0.3, -0.25) is 4.98 Å². The van der Waals surface area contributed by atoms with E-state index in [0.717, 1.165) is 31.0 Å². The highest BCUT2D eigenvalue weighted by molar-refractivity contribution is 5.62. The highest BCUT2D eigenvalue weighted by Gasteiger charge is 2.21. The van der Waals surface area contributed by atoms with E-state index in [0.29, 0.717) is 13.2 Å². The van der Waals surface area contributed by atoms with Gasteiger partial charge in [-0.2, -0.15) is 0 Å². The van der Waals surface area contributed by atoms with Gasteiger partial charge in [0.1, 0.15) is 35.0 Å². The molecule has 1 aromatic heterocycles. The Kier molecular flexibility index (Phi) is 4.29. The summed E-state index contributed by atoms with van der Waals surface area (Å²) in [6, 6.07) is 4.54. The third-order valence-electron chi connectivity index (χ3n) is 3.43. The molecule has 22 heavy (non-hydrogen) atoms. The second-order valence-electron chi connectivity index (χ2n) is 5.05. The van der Waals surface area contributed by atoms with Crippen molar-refractivity contribution in [2.24, 2.45) is 0 Å². The topological polar surface area (TPSA) is 31.4 Å². The minimum atomic E-state index is -0.913. The fourth-order valence-corrected chi connectivity index (χ4v) is 2.41. The molecular formula is C16H14F3NO2. The van der Waals surface area contributed by atoms with Crippen molar-refractivity contribution in [3.05, 3.63) is 47.9 Å². The molecule has 0 aliphatic carbocycles. The van der Waals surface area contributed by atoms with Gasteiger partial charge in [0.25, 0.3) is 0 Å². The predicted octanol–water partition coefficient (Wildman–Crippen LogP) is 3.72. The van der Waals surface area contributed by atoms with Crippen LogP contribution in [0.3, 0.4) is 0 Å². The number of hydrogen-bond donors (Lipinski definition) is 0. The average Bonchev–Trinajstić information content (AvgIpc) is 2.49. The van der Waals surface area contributed by atoms with Gasteiger partial charge < -0.3 is 9.47 Å². The van der Waals surface area contributed by atoms with E-state index in [2.05, 4.69) is 4.98 Å². The van der Waals surface area contributed by atoms with Gasteiger partial charge in [0.15, 0.2) is 0 Å². The average molecular weight is 309 g/mol. The maximum atomic E-state index is 14.2. The quantitative estimate of drug-likeness (QED) is 0.866. The zero-order valence-corrected chi connectivity index (χ0v) is 11.7. The van der Waals surface area contributed by atoms with Crippen LogP contribution in [0.25, 0.3) is 11.3 Å². The molecule has 1 unspecified atom stereocenters. The molecule has 0 amide bonds. The Morgan fingerprint density at radius 3 is 2.55 bits per heavy atom. The van der Waals surface area contributed by atoms with E-state index in [9.17, 15) is 13.2 Å². The SMILES string of the molecule is Fc1cccnc1-c1c(F)cc(OC2CCCOC2)cc1F. The lowest BCUT2D eigenvalue weighted by atomic mass is 10.1. The molecule has 0 radical (unpaired) electrons. The number of rotatable bonds is 3. The van der Waals surface area contributed by atoms with Crippen LogP contribution in [0.4, 0.5) is 13.2 Å². The summed E-state index contributed by atoms with van der Waals surface area (Å²) < 4.78 is 52.8. The minimum Gasteiger partial charge on any atom is -0.488 e. The Bertz CT molecular complexity index is 649. The van der Waals surface area contributed by atoms with Gasteiger partial charge in [-0.05, 0) is 25.0 Å². The van der Waals surface area contributed by atoms with E-state index in [1.807, 2.05) is 0 Å². The second kappa shape index (κ2) is 6.36. The number of nitrogens with zero attached hydrogens (tertiary/aromatic N) is 1. The van der Waals surface area contributed by atoms with E-state index in [1.54, 1.807) is 0 Å². The summed E-state index contributed by atoms with van der Waals surface area (Å²) in [6.07, 6.45) is 2.65. The second-order valence-corrected chi connectivity index (χ2v) is 5.05. The molecule has 1 aliphatic heterocycles. The van der Waals surface area contributed by atoms with E-state index < -0.39 is 23.0 Å². The summed E-state index contributed by atoms with van der Waals surface area (Å²) in [6.45, 7) is 1.06. The van der Waals surface area contributed by atoms with Crippen molar-refractivity contribution < 1.29 is 22.6 Å². The Morgan fingerprint density at radius 2 is 1.91 bits per heavy atom. The molecule has 2 aromatic rings. The van der Waals surface area contributed by atoms with Crippen LogP contribution >= 0.6 is 0 Å². The summed E-state index contributed by atoms with van der Waals surface area (Å²) in [7, 11) is 0. The van der Waals surface area contributed by atoms with Crippen LogP contribution in [0.1, 0.15) is 12.8 Å². The molecule has 0 saturated carbocycles. The van der Waals surface area contributed by atoms with Crippen molar-refractivity contribution in [1.82, 2.24) is 4.98 Å². The zero-order valence-electron chi connectivity index (χ0n) is 11.7. The molecular weight excluding hydrogens is 295 g/mol. The first-order valence-electron chi connectivity index (χ1n) is 6.99. The predicted molar refractivity (Wildman–Crippen MR) is 74.0 cm³/mol. The molecule has 1 fully saturated rings. The van der Waals surface area contributed by atoms with Gasteiger partial charge in [0.2, 0.25) is 0 Å². The van der Waals surface area contributed by atoms with Crippen LogP contribution in [0.2, 0.25) is 0 Å². The summed E-state index contributed by atoms with van der Waals surface area (Å²) in [5, 5.41) is 0. The van der Waals surface area contributed by atoms with Crippen molar-refractivity contribution in [3.8, 4) is 17.0 Å². The van der Waals surface area contributed by atoms with Gasteiger partial charge in [-0.15, -0.1) is 0 Å². The number of halogens is 3. The van der Waals surface area contributed by atoms with E-state index in [1.165, 1.54) is 12.3 Å². The van der Waals surface area contributed by atoms with Crippen LogP contribution in [0.5, 0.6) is 5.75 Å². The molecule has 0 bridgehead atoms. The lowest BCUT2D eigenvalue weighted by Gasteiger charge is -2.23. The molecule has 3 rings (SSSR count). The van der Waals surface area contributed by atoms with Crippen LogP contribution < -0.4 is 4.74 Å². The number of benzene rings is 1. The van der Waals surface area contributed by atoms with Gasteiger partial charge >= 0.3 is 0 Å². The van der Waals surface area contributed by atoms with E-state index >= 15 is 0 Å². The summed E-state index contributed by atoms with van der Waals surface area (Å²) in [4.78, 5) is 3.70.